The SMILES string of the molecule is Cc1cc(Cl)cc(-c2cc(CN3CCC(CC(=O)O)CC3)cc(Oc3cnc(N4CCC(N)(CCO)CC4)nc3)n2)c1. The monoisotopic (exact) mass is 594 g/mol. The zero-order chi connectivity index (χ0) is 29.7. The molecule has 5 rings (SSSR count). The molecular weight excluding hydrogens is 556 g/mol. The van der Waals surface area contributed by atoms with E-state index in [1.54, 1.807) is 12.4 Å². The summed E-state index contributed by atoms with van der Waals surface area (Å²) in [7, 11) is 0. The third-order valence-electron chi connectivity index (χ3n) is 8.26. The van der Waals surface area contributed by atoms with E-state index < -0.39 is 5.97 Å². The molecule has 0 saturated carbocycles. The quantitative estimate of drug-likeness (QED) is 0.304. The van der Waals surface area contributed by atoms with Gasteiger partial charge >= 0.3 is 5.97 Å². The van der Waals surface area contributed by atoms with Crippen molar-refractivity contribution in [3.05, 3.63) is 58.9 Å². The lowest BCUT2D eigenvalue weighted by Crippen LogP contribution is -2.51. The van der Waals surface area contributed by atoms with Crippen LogP contribution < -0.4 is 15.4 Å². The minimum absolute atomic E-state index is 0.0954. The second-order valence-electron chi connectivity index (χ2n) is 11.7. The summed E-state index contributed by atoms with van der Waals surface area (Å²) in [5.74, 6) is 1.04. The molecule has 42 heavy (non-hydrogen) atoms. The number of carboxylic acids is 1. The number of carboxylic acid groups (broad SMARTS) is 1. The number of benzene rings is 1. The van der Waals surface area contributed by atoms with Crippen LogP contribution in [-0.2, 0) is 11.3 Å². The van der Waals surface area contributed by atoms with E-state index in [-0.39, 0.29) is 24.5 Å². The third-order valence-corrected chi connectivity index (χ3v) is 8.48. The molecule has 0 unspecified atom stereocenters. The van der Waals surface area contributed by atoms with Gasteiger partial charge < -0.3 is 25.6 Å². The van der Waals surface area contributed by atoms with Crippen molar-refractivity contribution >= 4 is 23.5 Å². The minimum atomic E-state index is -0.727. The number of hydrogen-bond acceptors (Lipinski definition) is 9. The van der Waals surface area contributed by atoms with Crippen LogP contribution in [0.3, 0.4) is 0 Å². The summed E-state index contributed by atoms with van der Waals surface area (Å²) in [5.41, 5.74) is 9.81. The predicted molar refractivity (Wildman–Crippen MR) is 162 cm³/mol. The Labute approximate surface area is 251 Å². The number of halogens is 1. The van der Waals surface area contributed by atoms with Crippen LogP contribution in [0.1, 0.15) is 49.7 Å². The number of rotatable bonds is 10. The Morgan fingerprint density at radius 1 is 1.10 bits per heavy atom. The molecule has 0 atom stereocenters. The number of likely N-dealkylation sites (tertiary alicyclic amines) is 1. The van der Waals surface area contributed by atoms with Gasteiger partial charge in [0, 0.05) is 54.9 Å². The molecule has 1 aromatic carbocycles. The van der Waals surface area contributed by atoms with Crippen molar-refractivity contribution in [3.8, 4) is 22.9 Å². The summed E-state index contributed by atoms with van der Waals surface area (Å²) in [6.07, 6.45) is 7.43. The first-order valence-corrected chi connectivity index (χ1v) is 14.9. The number of aryl methyl sites for hydroxylation is 1. The molecule has 2 aliphatic rings. The molecule has 2 fully saturated rings. The molecule has 2 aliphatic heterocycles. The van der Waals surface area contributed by atoms with Gasteiger partial charge in [0.2, 0.25) is 11.8 Å². The van der Waals surface area contributed by atoms with Crippen LogP contribution in [0.5, 0.6) is 11.6 Å². The normalized spacial score (nSPS) is 17.8. The fourth-order valence-corrected chi connectivity index (χ4v) is 6.15. The molecule has 224 valence electrons. The maximum atomic E-state index is 11.1. The summed E-state index contributed by atoms with van der Waals surface area (Å²) in [6, 6.07) is 9.85. The summed E-state index contributed by atoms with van der Waals surface area (Å²) in [6.45, 7) is 5.96. The zero-order valence-electron chi connectivity index (χ0n) is 24.0. The van der Waals surface area contributed by atoms with Gasteiger partial charge in [-0.15, -0.1) is 0 Å². The van der Waals surface area contributed by atoms with Crippen LogP contribution in [0.15, 0.2) is 42.7 Å². The fourth-order valence-electron chi connectivity index (χ4n) is 5.86. The van der Waals surface area contributed by atoms with Gasteiger partial charge in [0.25, 0.3) is 0 Å². The van der Waals surface area contributed by atoms with Crippen LogP contribution >= 0.6 is 11.6 Å². The fraction of sp³-hybridized carbons (Fsp3) is 0.484. The largest absolute Gasteiger partial charge is 0.481 e. The first kappa shape index (κ1) is 30.2. The van der Waals surface area contributed by atoms with E-state index in [9.17, 15) is 9.90 Å². The maximum Gasteiger partial charge on any atom is 0.303 e. The Balaban J connectivity index is 1.32. The number of aliphatic carboxylic acids is 1. The predicted octanol–water partition coefficient (Wildman–Crippen LogP) is 4.66. The molecule has 11 heteroatoms. The average molecular weight is 595 g/mol. The molecule has 0 amide bonds. The van der Waals surface area contributed by atoms with E-state index in [0.29, 0.717) is 35.6 Å². The van der Waals surface area contributed by atoms with Gasteiger partial charge in [-0.25, -0.2) is 15.0 Å². The van der Waals surface area contributed by atoms with Gasteiger partial charge in [-0.2, -0.15) is 0 Å². The number of hydrogen-bond donors (Lipinski definition) is 3. The van der Waals surface area contributed by atoms with Crippen LogP contribution in [0.2, 0.25) is 5.02 Å². The van der Waals surface area contributed by atoms with Crippen molar-refractivity contribution in [3.63, 3.8) is 0 Å². The number of anilines is 1. The molecule has 3 aromatic rings. The molecule has 2 saturated heterocycles. The number of ether oxygens (including phenoxy) is 1. The number of aliphatic hydroxyl groups excluding tert-OH is 1. The molecule has 0 bridgehead atoms. The van der Waals surface area contributed by atoms with E-state index >= 15 is 0 Å². The van der Waals surface area contributed by atoms with Crippen molar-refractivity contribution < 1.29 is 19.7 Å². The second kappa shape index (κ2) is 13.3. The topological polar surface area (TPSA) is 138 Å². The van der Waals surface area contributed by atoms with E-state index in [4.69, 9.17) is 32.2 Å². The molecular formula is C31H39ClN6O4. The number of carbonyl (C=O) groups is 1. The van der Waals surface area contributed by atoms with Crippen molar-refractivity contribution in [1.29, 1.82) is 0 Å². The Kier molecular flexibility index (Phi) is 9.57. The van der Waals surface area contributed by atoms with Gasteiger partial charge in [0.05, 0.1) is 18.1 Å². The van der Waals surface area contributed by atoms with Crippen molar-refractivity contribution in [2.45, 2.75) is 57.5 Å². The lowest BCUT2D eigenvalue weighted by molar-refractivity contribution is -0.138. The molecule has 4 heterocycles. The summed E-state index contributed by atoms with van der Waals surface area (Å²) >= 11 is 6.38. The van der Waals surface area contributed by atoms with Crippen LogP contribution in [0.25, 0.3) is 11.3 Å². The Bertz CT molecular complexity index is 1350. The van der Waals surface area contributed by atoms with Gasteiger partial charge in [-0.3, -0.25) is 9.69 Å². The Morgan fingerprint density at radius 2 is 1.81 bits per heavy atom. The van der Waals surface area contributed by atoms with Crippen molar-refractivity contribution in [2.24, 2.45) is 11.7 Å². The Morgan fingerprint density at radius 3 is 2.45 bits per heavy atom. The van der Waals surface area contributed by atoms with Crippen LogP contribution in [0.4, 0.5) is 5.95 Å². The van der Waals surface area contributed by atoms with E-state index in [1.807, 2.05) is 31.2 Å². The minimum Gasteiger partial charge on any atom is -0.481 e. The highest BCUT2D eigenvalue weighted by Crippen LogP contribution is 2.31. The first-order valence-electron chi connectivity index (χ1n) is 14.6. The number of pyridine rings is 1. The molecule has 0 radical (unpaired) electrons. The molecule has 10 nitrogen and oxygen atoms in total. The lowest BCUT2D eigenvalue weighted by Gasteiger charge is -2.38. The van der Waals surface area contributed by atoms with Crippen molar-refractivity contribution in [2.75, 3.05) is 37.7 Å². The molecule has 0 spiro atoms. The molecule has 0 aliphatic carbocycles. The lowest BCUT2D eigenvalue weighted by atomic mass is 9.86. The second-order valence-corrected chi connectivity index (χ2v) is 12.1. The summed E-state index contributed by atoms with van der Waals surface area (Å²) in [5, 5.41) is 19.1. The number of aliphatic hydroxyl groups is 1. The standard InChI is InChI=1S/C31H39ClN6O4/c1-21-12-24(17-25(32)13-21)27-14-23(20-37-7-2-22(3-8-37)16-29(40)41)15-28(36-27)42-26-18-34-30(35-19-26)38-9-4-31(33,5-10-38)6-11-39/h12-15,17-19,22,39H,2-11,16,20,33H2,1H3,(H,40,41). The third kappa shape index (κ3) is 7.95. The number of nitrogens with two attached hydrogens (primary N) is 1. The van der Waals surface area contributed by atoms with E-state index in [1.165, 1.54) is 0 Å². The number of piperidine rings is 2. The van der Waals surface area contributed by atoms with Gasteiger partial charge in [-0.05, 0) is 93.4 Å². The van der Waals surface area contributed by atoms with Gasteiger partial charge in [0.1, 0.15) is 0 Å². The van der Waals surface area contributed by atoms with Crippen LogP contribution in [-0.4, -0.2) is 74.4 Å². The first-order chi connectivity index (χ1) is 20.2. The maximum absolute atomic E-state index is 11.1. The zero-order valence-corrected chi connectivity index (χ0v) is 24.8. The summed E-state index contributed by atoms with van der Waals surface area (Å²) < 4.78 is 6.18. The van der Waals surface area contributed by atoms with Gasteiger partial charge in [-0.1, -0.05) is 11.6 Å². The van der Waals surface area contributed by atoms with Crippen molar-refractivity contribution in [1.82, 2.24) is 19.9 Å². The van der Waals surface area contributed by atoms with E-state index in [2.05, 4.69) is 25.8 Å². The van der Waals surface area contributed by atoms with E-state index in [0.717, 1.165) is 74.2 Å². The van der Waals surface area contributed by atoms with Crippen LogP contribution in [0, 0.1) is 12.8 Å². The average Bonchev–Trinajstić information content (AvgIpc) is 2.94. The summed E-state index contributed by atoms with van der Waals surface area (Å²) in [4.78, 5) is 29.5. The highest BCUT2D eigenvalue weighted by Gasteiger charge is 2.31. The number of nitrogens with zero attached hydrogens (tertiary/aromatic N) is 5. The van der Waals surface area contributed by atoms with Gasteiger partial charge in [0.15, 0.2) is 5.75 Å². The number of aromatic nitrogens is 3. The highest BCUT2D eigenvalue weighted by atomic mass is 35.5. The molecule has 2 aromatic heterocycles. The highest BCUT2D eigenvalue weighted by molar-refractivity contribution is 6.30. The Hall–Kier alpha value is -3.31. The smallest absolute Gasteiger partial charge is 0.303 e. The molecule has 4 N–H and O–H groups in total.